The van der Waals surface area contributed by atoms with Gasteiger partial charge in [-0.1, -0.05) is 36.0 Å². The van der Waals surface area contributed by atoms with Crippen molar-refractivity contribution < 1.29 is 4.79 Å². The van der Waals surface area contributed by atoms with Gasteiger partial charge in [0.25, 0.3) is 0 Å². The smallest absolute Gasteiger partial charge is 0.236 e. The highest BCUT2D eigenvalue weighted by atomic mass is 32.2. The highest BCUT2D eigenvalue weighted by Crippen LogP contribution is 2.29. The topological polar surface area (TPSA) is 104 Å². The summed E-state index contributed by atoms with van der Waals surface area (Å²) < 4.78 is 3.12. The number of hydrogen-bond donors (Lipinski definition) is 2. The molecule has 0 unspecified atom stereocenters. The van der Waals surface area contributed by atoms with Crippen LogP contribution in [0.2, 0.25) is 0 Å². The quantitative estimate of drug-likeness (QED) is 0.344. The van der Waals surface area contributed by atoms with Crippen molar-refractivity contribution in [2.24, 2.45) is 0 Å². The second-order valence-corrected chi connectivity index (χ2v) is 8.59. The van der Waals surface area contributed by atoms with E-state index in [1.165, 1.54) is 27.6 Å². The fourth-order valence-electron chi connectivity index (χ4n) is 3.36. The molecule has 0 aliphatic rings. The van der Waals surface area contributed by atoms with Gasteiger partial charge in [0.15, 0.2) is 0 Å². The molecule has 32 heavy (non-hydrogen) atoms. The van der Waals surface area contributed by atoms with Crippen LogP contribution >= 0.6 is 11.8 Å². The third-order valence-electron chi connectivity index (χ3n) is 5.26. The van der Waals surface area contributed by atoms with Crippen LogP contribution in [0, 0.1) is 27.7 Å². The average molecular weight is 448 g/mol. The van der Waals surface area contributed by atoms with Gasteiger partial charge in [-0.05, 0) is 62.6 Å². The maximum atomic E-state index is 12.7. The lowest BCUT2D eigenvalue weighted by molar-refractivity contribution is -0.113. The molecule has 3 N–H and O–H groups in total. The van der Waals surface area contributed by atoms with Crippen molar-refractivity contribution >= 4 is 23.5 Å². The summed E-state index contributed by atoms with van der Waals surface area (Å²) in [5.74, 6) is 7.02. The number of thioether (sulfide) groups is 1. The maximum absolute atomic E-state index is 12.7. The molecule has 164 valence electrons. The normalized spacial score (nSPS) is 11.0. The number of aryl methyl sites for hydroxylation is 4. The number of nitrogen functional groups attached to an aromatic ring is 1. The van der Waals surface area contributed by atoms with Gasteiger partial charge >= 0.3 is 0 Å². The van der Waals surface area contributed by atoms with Crippen LogP contribution in [0.1, 0.15) is 22.5 Å². The summed E-state index contributed by atoms with van der Waals surface area (Å²) in [6.07, 6.45) is 0. The Kier molecular flexibility index (Phi) is 6.00. The standard InChI is InChI=1S/C23H25N7OS/c1-14-10-16(3)19(11-15(14)2)20-12-21(30(28-20)18-8-6-5-7-9-18)25-22(31)13-32-23-27-26-17(4)29(23)24/h5-12H,13,24H2,1-4H3,(H,25,31). The molecular formula is C23H25N7OS. The fraction of sp³-hybridized carbons (Fsp3) is 0.217. The van der Waals surface area contributed by atoms with E-state index >= 15 is 0 Å². The molecule has 0 bridgehead atoms. The number of anilines is 1. The van der Waals surface area contributed by atoms with E-state index in [4.69, 9.17) is 10.9 Å². The number of benzene rings is 2. The Labute approximate surface area is 190 Å². The molecule has 8 nitrogen and oxygen atoms in total. The first-order valence-corrected chi connectivity index (χ1v) is 11.2. The molecule has 2 heterocycles. The highest BCUT2D eigenvalue weighted by Gasteiger charge is 2.17. The number of para-hydroxylation sites is 1. The van der Waals surface area contributed by atoms with Gasteiger partial charge in [-0.15, -0.1) is 10.2 Å². The van der Waals surface area contributed by atoms with Crippen LogP contribution < -0.4 is 11.2 Å². The molecule has 0 fully saturated rings. The minimum atomic E-state index is -0.184. The summed E-state index contributed by atoms with van der Waals surface area (Å²) >= 11 is 1.23. The zero-order chi connectivity index (χ0) is 22.8. The predicted molar refractivity (Wildman–Crippen MR) is 127 cm³/mol. The van der Waals surface area contributed by atoms with Crippen molar-refractivity contribution in [3.05, 3.63) is 71.0 Å². The number of hydrogen-bond acceptors (Lipinski definition) is 6. The number of rotatable bonds is 6. The Hall–Kier alpha value is -3.59. The van der Waals surface area contributed by atoms with Crippen LogP contribution in [0.5, 0.6) is 0 Å². The van der Waals surface area contributed by atoms with Crippen LogP contribution in [0.25, 0.3) is 16.9 Å². The molecule has 2 aromatic heterocycles. The molecule has 0 saturated carbocycles. The third-order valence-corrected chi connectivity index (χ3v) is 6.20. The minimum Gasteiger partial charge on any atom is -0.336 e. The van der Waals surface area contributed by atoms with Crippen LogP contribution in [-0.2, 0) is 4.79 Å². The molecule has 0 radical (unpaired) electrons. The van der Waals surface area contributed by atoms with Crippen molar-refractivity contribution in [2.45, 2.75) is 32.9 Å². The van der Waals surface area contributed by atoms with E-state index in [0.717, 1.165) is 22.5 Å². The van der Waals surface area contributed by atoms with E-state index in [2.05, 4.69) is 48.4 Å². The van der Waals surface area contributed by atoms with E-state index in [0.29, 0.717) is 16.8 Å². The highest BCUT2D eigenvalue weighted by molar-refractivity contribution is 7.99. The summed E-state index contributed by atoms with van der Waals surface area (Å²) in [7, 11) is 0. The van der Waals surface area contributed by atoms with Crippen molar-refractivity contribution in [3.63, 3.8) is 0 Å². The van der Waals surface area contributed by atoms with Crippen LogP contribution in [0.15, 0.2) is 53.7 Å². The number of nitrogens with two attached hydrogens (primary N) is 1. The van der Waals surface area contributed by atoms with Gasteiger partial charge < -0.3 is 11.2 Å². The van der Waals surface area contributed by atoms with E-state index in [1.54, 1.807) is 11.6 Å². The first-order valence-electron chi connectivity index (χ1n) is 10.2. The maximum Gasteiger partial charge on any atom is 0.236 e. The van der Waals surface area contributed by atoms with Crippen molar-refractivity contribution in [2.75, 3.05) is 16.9 Å². The van der Waals surface area contributed by atoms with Crippen molar-refractivity contribution in [1.82, 2.24) is 24.7 Å². The Morgan fingerprint density at radius 3 is 2.41 bits per heavy atom. The first kappa shape index (κ1) is 21.6. The SMILES string of the molecule is Cc1cc(C)c(-c2cc(NC(=O)CSc3nnc(C)n3N)n(-c3ccccc3)n2)cc1C. The number of carbonyl (C=O) groups is 1. The van der Waals surface area contributed by atoms with Crippen LogP contribution in [-0.4, -0.2) is 36.3 Å². The zero-order valence-corrected chi connectivity index (χ0v) is 19.3. The summed E-state index contributed by atoms with van der Waals surface area (Å²) in [6.45, 7) is 8.01. The number of aromatic nitrogens is 5. The molecule has 0 saturated heterocycles. The molecule has 0 spiro atoms. The molecule has 0 aliphatic heterocycles. The molecule has 2 aromatic carbocycles. The second kappa shape index (κ2) is 8.88. The Bertz CT molecular complexity index is 1280. The van der Waals surface area contributed by atoms with E-state index < -0.39 is 0 Å². The summed E-state index contributed by atoms with van der Waals surface area (Å²) in [6, 6.07) is 15.9. The molecule has 4 rings (SSSR count). The lowest BCUT2D eigenvalue weighted by Gasteiger charge is -2.09. The van der Waals surface area contributed by atoms with Gasteiger partial charge in [0.05, 0.1) is 17.1 Å². The van der Waals surface area contributed by atoms with Gasteiger partial charge in [-0.2, -0.15) is 5.10 Å². The van der Waals surface area contributed by atoms with E-state index in [-0.39, 0.29) is 11.7 Å². The van der Waals surface area contributed by atoms with Gasteiger partial charge in [-0.25, -0.2) is 9.36 Å². The largest absolute Gasteiger partial charge is 0.336 e. The Morgan fingerprint density at radius 2 is 1.72 bits per heavy atom. The van der Waals surface area contributed by atoms with E-state index in [1.807, 2.05) is 36.4 Å². The zero-order valence-electron chi connectivity index (χ0n) is 18.5. The molecule has 4 aromatic rings. The van der Waals surface area contributed by atoms with Gasteiger partial charge in [0.1, 0.15) is 11.6 Å². The van der Waals surface area contributed by atoms with Gasteiger partial charge in [0.2, 0.25) is 11.1 Å². The van der Waals surface area contributed by atoms with E-state index in [9.17, 15) is 4.79 Å². The number of carbonyl (C=O) groups excluding carboxylic acids is 1. The molecule has 0 aliphatic carbocycles. The molecule has 1 amide bonds. The number of nitrogens with zero attached hydrogens (tertiary/aromatic N) is 5. The molecular weight excluding hydrogens is 422 g/mol. The first-order chi connectivity index (χ1) is 15.3. The minimum absolute atomic E-state index is 0.146. The second-order valence-electron chi connectivity index (χ2n) is 7.65. The Morgan fingerprint density at radius 1 is 1.00 bits per heavy atom. The summed E-state index contributed by atoms with van der Waals surface area (Å²) in [5.41, 5.74) is 6.27. The Balaban J connectivity index is 1.64. The predicted octanol–water partition coefficient (Wildman–Crippen LogP) is 3.81. The summed E-state index contributed by atoms with van der Waals surface area (Å²) in [5, 5.41) is 16.2. The van der Waals surface area contributed by atoms with Crippen LogP contribution in [0.4, 0.5) is 5.82 Å². The van der Waals surface area contributed by atoms with Gasteiger partial charge in [-0.3, -0.25) is 4.79 Å². The lowest BCUT2D eigenvalue weighted by atomic mass is 9.99. The number of nitrogens with one attached hydrogen (secondary N) is 1. The monoisotopic (exact) mass is 447 g/mol. The summed E-state index contributed by atoms with van der Waals surface area (Å²) in [4.78, 5) is 12.7. The van der Waals surface area contributed by atoms with Gasteiger partial charge in [0, 0.05) is 11.6 Å². The van der Waals surface area contributed by atoms with Crippen molar-refractivity contribution in [3.8, 4) is 16.9 Å². The number of amides is 1. The fourth-order valence-corrected chi connectivity index (χ4v) is 4.06. The average Bonchev–Trinajstić information content (AvgIpc) is 3.33. The lowest BCUT2D eigenvalue weighted by Crippen LogP contribution is -2.18. The van der Waals surface area contributed by atoms with Crippen LogP contribution in [0.3, 0.4) is 0 Å². The third kappa shape index (κ3) is 4.38. The molecule has 9 heteroatoms. The van der Waals surface area contributed by atoms with Crippen molar-refractivity contribution in [1.29, 1.82) is 0 Å². The molecule has 0 atom stereocenters.